The van der Waals surface area contributed by atoms with Crippen molar-refractivity contribution in [3.63, 3.8) is 0 Å². The number of sulfone groups is 1. The van der Waals surface area contributed by atoms with Gasteiger partial charge in [-0.1, -0.05) is 23.7 Å². The summed E-state index contributed by atoms with van der Waals surface area (Å²) in [5.41, 5.74) is 0. The fraction of sp³-hybridized carbons (Fsp3) is 0.391. The van der Waals surface area contributed by atoms with Gasteiger partial charge in [-0.25, -0.2) is 8.42 Å². The fourth-order valence-corrected chi connectivity index (χ4v) is 6.29. The quantitative estimate of drug-likeness (QED) is 0.523. The molecule has 1 aliphatic rings. The molecule has 0 bridgehead atoms. The van der Waals surface area contributed by atoms with Crippen molar-refractivity contribution < 1.29 is 13.2 Å². The lowest BCUT2D eigenvalue weighted by molar-refractivity contribution is -0.132. The third-order valence-electron chi connectivity index (χ3n) is 5.99. The molecule has 0 aliphatic carbocycles. The molecule has 0 spiro atoms. The third kappa shape index (κ3) is 5.24. The van der Waals surface area contributed by atoms with E-state index in [1.807, 2.05) is 5.38 Å². The van der Waals surface area contributed by atoms with E-state index in [-0.39, 0.29) is 23.0 Å². The Morgan fingerprint density at radius 1 is 1.16 bits per heavy atom. The van der Waals surface area contributed by atoms with E-state index in [4.69, 9.17) is 11.6 Å². The Labute approximate surface area is 197 Å². The molecule has 1 aromatic heterocycles. The van der Waals surface area contributed by atoms with Crippen LogP contribution < -0.4 is 4.80 Å². The van der Waals surface area contributed by atoms with Gasteiger partial charge in [0.05, 0.1) is 10.6 Å². The number of halogens is 1. The predicted octanol–water partition coefficient (Wildman–Crippen LogP) is 3.99. The maximum absolute atomic E-state index is 12.8. The third-order valence-corrected chi connectivity index (χ3v) is 8.83. The molecule has 0 N–H and O–H groups in total. The van der Waals surface area contributed by atoms with Gasteiger partial charge in [-0.15, -0.1) is 11.3 Å². The lowest BCUT2D eigenvalue weighted by atomic mass is 9.96. The molecule has 0 radical (unpaired) electrons. The van der Waals surface area contributed by atoms with Gasteiger partial charge in [0.2, 0.25) is 5.91 Å². The van der Waals surface area contributed by atoms with Crippen LogP contribution in [0.5, 0.6) is 0 Å². The van der Waals surface area contributed by atoms with Crippen LogP contribution in [0.1, 0.15) is 19.3 Å². The van der Waals surface area contributed by atoms with E-state index in [1.54, 1.807) is 59.7 Å². The highest BCUT2D eigenvalue weighted by Crippen LogP contribution is 2.24. The maximum atomic E-state index is 12.8. The molecular formula is C23H26ClN3O3S2. The largest absolute Gasteiger partial charge is 0.343 e. The van der Waals surface area contributed by atoms with Crippen LogP contribution >= 0.6 is 22.9 Å². The number of carbonyl (C=O) groups excluding carboxylic acids is 1. The molecule has 6 nitrogen and oxygen atoms in total. The van der Waals surface area contributed by atoms with Gasteiger partial charge in [-0.3, -0.25) is 9.79 Å². The predicted molar refractivity (Wildman–Crippen MR) is 129 cm³/mol. The second-order valence-electron chi connectivity index (χ2n) is 8.11. The Kier molecular flexibility index (Phi) is 7.02. The Hall–Kier alpha value is -2.16. The summed E-state index contributed by atoms with van der Waals surface area (Å²) in [6.07, 6.45) is 3.88. The van der Waals surface area contributed by atoms with Gasteiger partial charge < -0.3 is 9.47 Å². The van der Waals surface area contributed by atoms with Gasteiger partial charge in [0, 0.05) is 49.7 Å². The number of fused-ring (bicyclic) bond motifs is 1. The van der Waals surface area contributed by atoms with Crippen LogP contribution in [0.3, 0.4) is 0 Å². The number of amides is 1. The SMILES string of the molecule is CN=c1sccn1CC1CCN(C(=O)CCS(=O)(=O)c2ccc3cc(Cl)ccc3c2)CC1. The van der Waals surface area contributed by atoms with Gasteiger partial charge in [0.1, 0.15) is 0 Å². The molecule has 4 rings (SSSR count). The van der Waals surface area contributed by atoms with E-state index >= 15 is 0 Å². The summed E-state index contributed by atoms with van der Waals surface area (Å²) in [6.45, 7) is 2.24. The van der Waals surface area contributed by atoms with Crippen molar-refractivity contribution >= 4 is 49.5 Å². The molecule has 170 valence electrons. The minimum absolute atomic E-state index is 0.00377. The van der Waals surface area contributed by atoms with Crippen LogP contribution in [0.2, 0.25) is 5.02 Å². The molecule has 2 aromatic carbocycles. The summed E-state index contributed by atoms with van der Waals surface area (Å²) in [5, 5.41) is 4.34. The van der Waals surface area contributed by atoms with Crippen molar-refractivity contribution in [2.24, 2.45) is 10.9 Å². The van der Waals surface area contributed by atoms with Gasteiger partial charge in [-0.05, 0) is 53.8 Å². The van der Waals surface area contributed by atoms with Crippen molar-refractivity contribution in [2.75, 3.05) is 25.9 Å². The van der Waals surface area contributed by atoms with Crippen molar-refractivity contribution in [3.05, 3.63) is 57.8 Å². The van der Waals surface area contributed by atoms with Gasteiger partial charge in [0.25, 0.3) is 0 Å². The van der Waals surface area contributed by atoms with Crippen LogP contribution in [0.15, 0.2) is 57.9 Å². The van der Waals surface area contributed by atoms with E-state index in [1.165, 1.54) is 0 Å². The van der Waals surface area contributed by atoms with Crippen molar-refractivity contribution in [2.45, 2.75) is 30.7 Å². The monoisotopic (exact) mass is 491 g/mol. The maximum Gasteiger partial charge on any atom is 0.223 e. The molecule has 0 unspecified atom stereocenters. The van der Waals surface area contributed by atoms with E-state index in [0.717, 1.165) is 35.0 Å². The topological polar surface area (TPSA) is 71.7 Å². The minimum Gasteiger partial charge on any atom is -0.343 e. The molecule has 3 aromatic rings. The molecule has 1 saturated heterocycles. The first-order valence-electron chi connectivity index (χ1n) is 10.6. The zero-order valence-corrected chi connectivity index (χ0v) is 20.3. The summed E-state index contributed by atoms with van der Waals surface area (Å²) in [6, 6.07) is 10.3. The lowest BCUT2D eigenvalue weighted by Crippen LogP contribution is -2.40. The molecule has 0 atom stereocenters. The Balaban J connectivity index is 1.32. The molecule has 9 heteroatoms. The molecule has 1 aliphatic heterocycles. The summed E-state index contributed by atoms with van der Waals surface area (Å²) < 4.78 is 27.8. The van der Waals surface area contributed by atoms with Crippen molar-refractivity contribution in [1.29, 1.82) is 0 Å². The van der Waals surface area contributed by atoms with Gasteiger partial charge in [0.15, 0.2) is 14.6 Å². The highest BCUT2D eigenvalue weighted by Gasteiger charge is 2.25. The van der Waals surface area contributed by atoms with Crippen molar-refractivity contribution in [3.8, 4) is 0 Å². The lowest BCUT2D eigenvalue weighted by Gasteiger charge is -2.32. The first-order valence-corrected chi connectivity index (χ1v) is 13.5. The van der Waals surface area contributed by atoms with Crippen molar-refractivity contribution in [1.82, 2.24) is 9.47 Å². The smallest absolute Gasteiger partial charge is 0.223 e. The number of piperidine rings is 1. The standard InChI is InChI=1S/C23H26ClN3O3S2/c1-25-23-27(11-12-31-23)16-17-6-9-26(10-7-17)22(28)8-13-32(29,30)21-5-3-18-14-20(24)4-2-19(18)15-21/h2-5,11-12,14-15,17H,6-10,13,16H2,1H3. The average molecular weight is 492 g/mol. The van der Waals surface area contributed by atoms with Crippen LogP contribution in [-0.2, 0) is 21.2 Å². The zero-order valence-electron chi connectivity index (χ0n) is 17.9. The molecular weight excluding hydrogens is 466 g/mol. The summed E-state index contributed by atoms with van der Waals surface area (Å²) in [4.78, 5) is 20.0. The fourth-order valence-electron chi connectivity index (χ4n) is 4.15. The van der Waals surface area contributed by atoms with E-state index in [0.29, 0.717) is 24.0 Å². The number of rotatable bonds is 6. The number of benzene rings is 2. The minimum atomic E-state index is -3.54. The summed E-state index contributed by atoms with van der Waals surface area (Å²) >= 11 is 7.62. The summed E-state index contributed by atoms with van der Waals surface area (Å²) in [7, 11) is -1.74. The van der Waals surface area contributed by atoms with Crippen LogP contribution in [0.4, 0.5) is 0 Å². The Morgan fingerprint density at radius 2 is 1.88 bits per heavy atom. The molecule has 1 amide bonds. The number of hydrogen-bond donors (Lipinski definition) is 0. The Morgan fingerprint density at radius 3 is 2.62 bits per heavy atom. The molecule has 0 saturated carbocycles. The molecule has 32 heavy (non-hydrogen) atoms. The number of hydrogen-bond acceptors (Lipinski definition) is 5. The van der Waals surface area contributed by atoms with Crippen LogP contribution in [0.25, 0.3) is 10.8 Å². The number of carbonyl (C=O) groups is 1. The number of thiazole rings is 1. The highest BCUT2D eigenvalue weighted by atomic mass is 35.5. The number of likely N-dealkylation sites (tertiary alicyclic amines) is 1. The van der Waals surface area contributed by atoms with Crippen LogP contribution in [-0.4, -0.2) is 49.7 Å². The second kappa shape index (κ2) is 9.77. The van der Waals surface area contributed by atoms with Gasteiger partial charge >= 0.3 is 0 Å². The van der Waals surface area contributed by atoms with E-state index in [2.05, 4.69) is 15.8 Å². The molecule has 1 fully saturated rings. The highest BCUT2D eigenvalue weighted by molar-refractivity contribution is 7.91. The first kappa shape index (κ1) is 23.0. The van der Waals surface area contributed by atoms with Crippen LogP contribution in [0, 0.1) is 5.92 Å². The first-order chi connectivity index (χ1) is 15.4. The average Bonchev–Trinajstić information content (AvgIpc) is 3.24. The number of nitrogens with zero attached hydrogens (tertiary/aromatic N) is 3. The number of aromatic nitrogens is 1. The second-order valence-corrected chi connectivity index (χ2v) is 11.5. The summed E-state index contributed by atoms with van der Waals surface area (Å²) in [5.74, 6) is 0.220. The molecule has 2 heterocycles. The van der Waals surface area contributed by atoms with E-state index < -0.39 is 9.84 Å². The Bertz CT molecular complexity index is 1290. The van der Waals surface area contributed by atoms with Gasteiger partial charge in [-0.2, -0.15) is 0 Å². The van der Waals surface area contributed by atoms with E-state index in [9.17, 15) is 13.2 Å². The zero-order chi connectivity index (χ0) is 22.7. The normalized spacial score (nSPS) is 16.1.